The van der Waals surface area contributed by atoms with E-state index in [0.29, 0.717) is 5.41 Å². The Morgan fingerprint density at radius 3 is 2.62 bits per heavy atom. The van der Waals surface area contributed by atoms with E-state index < -0.39 is 0 Å². The van der Waals surface area contributed by atoms with Crippen molar-refractivity contribution < 1.29 is 0 Å². The van der Waals surface area contributed by atoms with Gasteiger partial charge in [-0.25, -0.2) is 0 Å². The molecule has 0 amide bonds. The third kappa shape index (κ3) is 3.37. The van der Waals surface area contributed by atoms with Crippen LogP contribution in [0.3, 0.4) is 0 Å². The predicted molar refractivity (Wildman–Crippen MR) is 70.5 cm³/mol. The molecule has 1 aromatic rings. The minimum atomic E-state index is 0.565. The van der Waals surface area contributed by atoms with Gasteiger partial charge in [0.2, 0.25) is 0 Å². The largest absolute Gasteiger partial charge is 0.0622 e. The minimum Gasteiger partial charge on any atom is -0.0622 e. The minimum absolute atomic E-state index is 0.565. The Hall–Kier alpha value is -0.780. The third-order valence-corrected chi connectivity index (χ3v) is 3.92. The zero-order valence-corrected chi connectivity index (χ0v) is 10.7. The average Bonchev–Trinajstić information content (AvgIpc) is 2.40. The van der Waals surface area contributed by atoms with E-state index in [0.717, 1.165) is 5.92 Å². The molecule has 1 aromatic carbocycles. The summed E-state index contributed by atoms with van der Waals surface area (Å²) >= 11 is 0. The molecular formula is C16H24. The molecule has 0 saturated heterocycles. The third-order valence-electron chi connectivity index (χ3n) is 3.92. The van der Waals surface area contributed by atoms with Crippen molar-refractivity contribution in [1.82, 2.24) is 0 Å². The summed E-state index contributed by atoms with van der Waals surface area (Å²) in [5.41, 5.74) is 2.08. The molecule has 1 aliphatic carbocycles. The first kappa shape index (κ1) is 11.7. The molecule has 0 nitrogen and oxygen atoms in total. The second-order valence-corrected chi connectivity index (χ2v) is 6.17. The predicted octanol–water partition coefficient (Wildman–Crippen LogP) is 4.84. The number of hydrogen-bond acceptors (Lipinski definition) is 0. The van der Waals surface area contributed by atoms with Crippen molar-refractivity contribution in [2.45, 2.75) is 52.4 Å². The van der Waals surface area contributed by atoms with Gasteiger partial charge in [-0.05, 0) is 36.2 Å². The van der Waals surface area contributed by atoms with Crippen LogP contribution in [0.4, 0.5) is 0 Å². The van der Waals surface area contributed by atoms with Crippen LogP contribution in [0.25, 0.3) is 0 Å². The first-order valence-electron chi connectivity index (χ1n) is 6.70. The lowest BCUT2D eigenvalue weighted by molar-refractivity contribution is 0.266. The van der Waals surface area contributed by atoms with Gasteiger partial charge in [0.15, 0.2) is 0 Å². The summed E-state index contributed by atoms with van der Waals surface area (Å²) < 4.78 is 0. The molecule has 0 radical (unpaired) electrons. The van der Waals surface area contributed by atoms with Gasteiger partial charge >= 0.3 is 0 Å². The zero-order valence-electron chi connectivity index (χ0n) is 10.7. The summed E-state index contributed by atoms with van der Waals surface area (Å²) in [5.74, 6) is 0.903. The lowest BCUT2D eigenvalue weighted by Crippen LogP contribution is -2.15. The highest BCUT2D eigenvalue weighted by Gasteiger charge is 2.25. The molecule has 0 spiro atoms. The smallest absolute Gasteiger partial charge is 0.0250 e. The van der Waals surface area contributed by atoms with Crippen LogP contribution in [0.5, 0.6) is 0 Å². The van der Waals surface area contributed by atoms with Gasteiger partial charge in [-0.1, -0.05) is 63.4 Å². The molecule has 0 aromatic heterocycles. The van der Waals surface area contributed by atoms with Gasteiger partial charge in [0.25, 0.3) is 0 Å². The highest BCUT2D eigenvalue weighted by atomic mass is 14.3. The summed E-state index contributed by atoms with van der Waals surface area (Å²) in [7, 11) is 0. The topological polar surface area (TPSA) is 0 Å². The quantitative estimate of drug-likeness (QED) is 0.621. The molecule has 0 N–H and O–H groups in total. The molecule has 1 aliphatic rings. The maximum atomic E-state index is 2.44. The van der Waals surface area contributed by atoms with Gasteiger partial charge in [0, 0.05) is 0 Å². The van der Waals surface area contributed by atoms with Crippen LogP contribution in [0.2, 0.25) is 0 Å². The highest BCUT2D eigenvalue weighted by Crippen LogP contribution is 2.38. The van der Waals surface area contributed by atoms with E-state index >= 15 is 0 Å². The summed E-state index contributed by atoms with van der Waals surface area (Å²) in [4.78, 5) is 0. The second kappa shape index (κ2) is 5.03. The van der Waals surface area contributed by atoms with E-state index in [9.17, 15) is 0 Å². The monoisotopic (exact) mass is 216 g/mol. The Morgan fingerprint density at radius 1 is 1.12 bits per heavy atom. The van der Waals surface area contributed by atoms with Gasteiger partial charge in [0.05, 0.1) is 0 Å². The van der Waals surface area contributed by atoms with Gasteiger partial charge in [-0.15, -0.1) is 0 Å². The zero-order chi connectivity index (χ0) is 11.4. The van der Waals surface area contributed by atoms with Gasteiger partial charge in [0.1, 0.15) is 0 Å². The fourth-order valence-electron chi connectivity index (χ4n) is 3.14. The van der Waals surface area contributed by atoms with Gasteiger partial charge in [-0.2, -0.15) is 0 Å². The second-order valence-electron chi connectivity index (χ2n) is 6.17. The Kier molecular flexibility index (Phi) is 3.68. The molecule has 2 rings (SSSR count). The molecule has 0 heteroatoms. The van der Waals surface area contributed by atoms with Crippen molar-refractivity contribution in [2.75, 3.05) is 0 Å². The molecule has 16 heavy (non-hydrogen) atoms. The lowest BCUT2D eigenvalue weighted by atomic mass is 9.79. The van der Waals surface area contributed by atoms with Crippen LogP contribution in [0.1, 0.15) is 51.5 Å². The normalized spacial score (nSPS) is 25.0. The maximum absolute atomic E-state index is 2.44. The van der Waals surface area contributed by atoms with Crippen molar-refractivity contribution in [3.63, 3.8) is 0 Å². The molecule has 0 bridgehead atoms. The first-order valence-corrected chi connectivity index (χ1v) is 6.70. The van der Waals surface area contributed by atoms with Crippen LogP contribution in [-0.4, -0.2) is 0 Å². The Balaban J connectivity index is 1.98. The lowest BCUT2D eigenvalue weighted by Gasteiger charge is -2.26. The number of hydrogen-bond donors (Lipinski definition) is 0. The fraction of sp³-hybridized carbons (Fsp3) is 0.625. The van der Waals surface area contributed by atoms with E-state index in [1.54, 1.807) is 0 Å². The maximum Gasteiger partial charge on any atom is -0.0250 e. The summed E-state index contributed by atoms with van der Waals surface area (Å²) in [6.07, 6.45) is 8.39. The molecule has 0 heterocycles. The van der Waals surface area contributed by atoms with Crippen LogP contribution < -0.4 is 0 Å². The highest BCUT2D eigenvalue weighted by molar-refractivity contribution is 5.15. The number of rotatable bonds is 2. The van der Waals surface area contributed by atoms with Crippen LogP contribution in [0, 0.1) is 11.3 Å². The molecular weight excluding hydrogens is 192 g/mol. The first-order chi connectivity index (χ1) is 7.66. The summed E-state index contributed by atoms with van der Waals surface area (Å²) in [5, 5.41) is 0. The standard InChI is InChI=1S/C16H24/c1-16(2)11-7-6-10-15(13-16)12-14-8-4-3-5-9-14/h3-5,8-9,15H,6-7,10-13H2,1-2H3. The van der Waals surface area contributed by atoms with Crippen LogP contribution >= 0.6 is 0 Å². The van der Waals surface area contributed by atoms with E-state index in [1.165, 1.54) is 44.1 Å². The van der Waals surface area contributed by atoms with Crippen LogP contribution in [-0.2, 0) is 6.42 Å². The molecule has 1 unspecified atom stereocenters. The molecule has 1 fully saturated rings. The van der Waals surface area contributed by atoms with Gasteiger partial charge < -0.3 is 0 Å². The Morgan fingerprint density at radius 2 is 1.88 bits per heavy atom. The summed E-state index contributed by atoms with van der Waals surface area (Å²) in [6.45, 7) is 4.88. The fourth-order valence-corrected chi connectivity index (χ4v) is 3.14. The Bertz CT molecular complexity index is 310. The number of benzene rings is 1. The van der Waals surface area contributed by atoms with Crippen molar-refractivity contribution in [3.05, 3.63) is 35.9 Å². The van der Waals surface area contributed by atoms with Crippen LogP contribution in [0.15, 0.2) is 30.3 Å². The molecule has 0 aliphatic heterocycles. The molecule has 1 atom stereocenters. The Labute approximate surface area is 100 Å². The molecule has 88 valence electrons. The van der Waals surface area contributed by atoms with E-state index in [4.69, 9.17) is 0 Å². The van der Waals surface area contributed by atoms with Crippen molar-refractivity contribution in [3.8, 4) is 0 Å². The SMILES string of the molecule is CC1(C)CCCCC(Cc2ccccc2)C1. The van der Waals surface area contributed by atoms with E-state index in [1.807, 2.05) is 0 Å². The van der Waals surface area contributed by atoms with Crippen molar-refractivity contribution in [1.29, 1.82) is 0 Å². The van der Waals surface area contributed by atoms with Crippen molar-refractivity contribution >= 4 is 0 Å². The summed E-state index contributed by atoms with van der Waals surface area (Å²) in [6, 6.07) is 11.0. The molecule has 1 saturated carbocycles. The van der Waals surface area contributed by atoms with Gasteiger partial charge in [-0.3, -0.25) is 0 Å². The van der Waals surface area contributed by atoms with E-state index in [-0.39, 0.29) is 0 Å². The average molecular weight is 216 g/mol. The van der Waals surface area contributed by atoms with Crippen molar-refractivity contribution in [2.24, 2.45) is 11.3 Å². The van der Waals surface area contributed by atoms with E-state index in [2.05, 4.69) is 44.2 Å².